The van der Waals surface area contributed by atoms with Gasteiger partial charge < -0.3 is 15.1 Å². The Morgan fingerprint density at radius 3 is 2.95 bits per heavy atom. The third kappa shape index (κ3) is 3.57. The summed E-state index contributed by atoms with van der Waals surface area (Å²) >= 11 is 0. The van der Waals surface area contributed by atoms with Gasteiger partial charge in [-0.05, 0) is 38.4 Å². The number of piperidine rings is 1. The van der Waals surface area contributed by atoms with Gasteiger partial charge in [0.1, 0.15) is 11.3 Å². The molecule has 0 saturated carbocycles. The Hall–Kier alpha value is -1.52. The SMILES string of the molecule is CC(NC(=O)[C@@H]1CCCNC1)c1cc2ccccc2o1.Cl. The van der Waals surface area contributed by atoms with Crippen molar-refractivity contribution < 1.29 is 9.21 Å². The molecule has 1 unspecified atom stereocenters. The summed E-state index contributed by atoms with van der Waals surface area (Å²) in [6.45, 7) is 3.76. The molecule has 0 bridgehead atoms. The first kappa shape index (κ1) is 15.9. The molecule has 2 atom stereocenters. The van der Waals surface area contributed by atoms with Crippen molar-refractivity contribution in [3.05, 3.63) is 36.1 Å². The van der Waals surface area contributed by atoms with Gasteiger partial charge >= 0.3 is 0 Å². The van der Waals surface area contributed by atoms with Crippen molar-refractivity contribution in [1.29, 1.82) is 0 Å². The van der Waals surface area contributed by atoms with Crippen LogP contribution in [0.3, 0.4) is 0 Å². The summed E-state index contributed by atoms with van der Waals surface area (Å²) in [6, 6.07) is 9.79. The van der Waals surface area contributed by atoms with Crippen LogP contribution in [0.4, 0.5) is 0 Å². The fourth-order valence-electron chi connectivity index (χ4n) is 2.69. The van der Waals surface area contributed by atoms with Crippen molar-refractivity contribution in [2.45, 2.75) is 25.8 Å². The van der Waals surface area contributed by atoms with Crippen LogP contribution in [-0.4, -0.2) is 19.0 Å². The molecule has 1 aliphatic heterocycles. The highest BCUT2D eigenvalue weighted by molar-refractivity contribution is 5.85. The maximum absolute atomic E-state index is 12.2. The highest BCUT2D eigenvalue weighted by atomic mass is 35.5. The van der Waals surface area contributed by atoms with E-state index >= 15 is 0 Å². The third-order valence-corrected chi connectivity index (χ3v) is 3.90. The van der Waals surface area contributed by atoms with Gasteiger partial charge in [-0.2, -0.15) is 0 Å². The second kappa shape index (κ2) is 6.96. The number of hydrogen-bond donors (Lipinski definition) is 2. The van der Waals surface area contributed by atoms with Gasteiger partial charge in [0.05, 0.1) is 12.0 Å². The third-order valence-electron chi connectivity index (χ3n) is 3.90. The van der Waals surface area contributed by atoms with Crippen LogP contribution in [0.5, 0.6) is 0 Å². The molecular weight excluding hydrogens is 288 g/mol. The number of benzene rings is 1. The van der Waals surface area contributed by atoms with Gasteiger partial charge in [0.25, 0.3) is 0 Å². The topological polar surface area (TPSA) is 54.3 Å². The van der Waals surface area contributed by atoms with E-state index in [1.54, 1.807) is 0 Å². The summed E-state index contributed by atoms with van der Waals surface area (Å²) in [5.74, 6) is 1.00. The zero-order valence-corrected chi connectivity index (χ0v) is 12.9. The van der Waals surface area contributed by atoms with Gasteiger partial charge in [-0.25, -0.2) is 0 Å². The van der Waals surface area contributed by atoms with E-state index in [4.69, 9.17) is 4.42 Å². The van der Waals surface area contributed by atoms with Gasteiger partial charge in [0, 0.05) is 11.9 Å². The van der Waals surface area contributed by atoms with Crippen molar-refractivity contribution >= 4 is 29.3 Å². The second-order valence-electron chi connectivity index (χ2n) is 5.46. The van der Waals surface area contributed by atoms with Crippen LogP contribution < -0.4 is 10.6 Å². The van der Waals surface area contributed by atoms with Gasteiger partial charge in [0.2, 0.25) is 5.91 Å². The Bertz CT molecular complexity index is 572. The molecule has 1 saturated heterocycles. The maximum Gasteiger partial charge on any atom is 0.224 e. The van der Waals surface area contributed by atoms with E-state index in [-0.39, 0.29) is 30.3 Å². The molecule has 0 aliphatic carbocycles. The van der Waals surface area contributed by atoms with E-state index in [2.05, 4.69) is 10.6 Å². The van der Waals surface area contributed by atoms with Crippen molar-refractivity contribution in [2.24, 2.45) is 5.92 Å². The van der Waals surface area contributed by atoms with Crippen molar-refractivity contribution in [2.75, 3.05) is 13.1 Å². The number of nitrogens with one attached hydrogen (secondary N) is 2. The van der Waals surface area contributed by atoms with Gasteiger partial charge in [-0.1, -0.05) is 18.2 Å². The first-order valence-corrected chi connectivity index (χ1v) is 7.23. The molecular formula is C16H21ClN2O2. The van der Waals surface area contributed by atoms with Crippen LogP contribution in [0, 0.1) is 5.92 Å². The van der Waals surface area contributed by atoms with Crippen LogP contribution >= 0.6 is 12.4 Å². The average molecular weight is 309 g/mol. The summed E-state index contributed by atoms with van der Waals surface area (Å²) in [7, 11) is 0. The molecule has 3 rings (SSSR count). The maximum atomic E-state index is 12.2. The predicted molar refractivity (Wildman–Crippen MR) is 85.6 cm³/mol. The highest BCUT2D eigenvalue weighted by Gasteiger charge is 2.23. The number of carbonyl (C=O) groups is 1. The lowest BCUT2D eigenvalue weighted by Gasteiger charge is -2.23. The quantitative estimate of drug-likeness (QED) is 0.916. The van der Waals surface area contributed by atoms with Crippen molar-refractivity contribution in [3.8, 4) is 0 Å². The molecule has 1 aromatic carbocycles. The van der Waals surface area contributed by atoms with Gasteiger partial charge in [0.15, 0.2) is 0 Å². The fourth-order valence-corrected chi connectivity index (χ4v) is 2.69. The Kier molecular flexibility index (Phi) is 5.26. The molecule has 1 amide bonds. The molecule has 5 heteroatoms. The fraction of sp³-hybridized carbons (Fsp3) is 0.438. The summed E-state index contributed by atoms with van der Waals surface area (Å²) < 4.78 is 5.79. The number of furan rings is 1. The minimum absolute atomic E-state index is 0. The zero-order chi connectivity index (χ0) is 13.9. The first-order chi connectivity index (χ1) is 9.74. The lowest BCUT2D eigenvalue weighted by atomic mass is 9.98. The Balaban J connectivity index is 0.00000161. The Labute approximate surface area is 130 Å². The molecule has 1 aromatic heterocycles. The molecule has 2 aromatic rings. The lowest BCUT2D eigenvalue weighted by molar-refractivity contribution is -0.126. The zero-order valence-electron chi connectivity index (χ0n) is 12.1. The Morgan fingerprint density at radius 1 is 1.43 bits per heavy atom. The minimum atomic E-state index is -0.100. The standard InChI is InChI=1S/C16H20N2O2.ClH/c1-11(18-16(19)13-6-4-8-17-10-13)15-9-12-5-2-3-7-14(12)20-15;/h2-3,5,7,9,11,13,17H,4,6,8,10H2,1H3,(H,18,19);1H/t11?,13-;/m1./s1. The number of halogens is 1. The molecule has 0 radical (unpaired) electrons. The summed E-state index contributed by atoms with van der Waals surface area (Å²) in [5, 5.41) is 7.39. The van der Waals surface area contributed by atoms with Gasteiger partial charge in [-0.15, -0.1) is 12.4 Å². The van der Waals surface area contributed by atoms with E-state index in [1.807, 2.05) is 37.3 Å². The minimum Gasteiger partial charge on any atom is -0.459 e. The monoisotopic (exact) mass is 308 g/mol. The van der Waals surface area contributed by atoms with Crippen LogP contribution in [0.15, 0.2) is 34.7 Å². The molecule has 2 heterocycles. The number of carbonyl (C=O) groups excluding carboxylic acids is 1. The largest absolute Gasteiger partial charge is 0.459 e. The molecule has 114 valence electrons. The second-order valence-corrected chi connectivity index (χ2v) is 5.46. The normalized spacial score (nSPS) is 19.8. The predicted octanol–water partition coefficient (Wildman–Crippen LogP) is 3.03. The lowest BCUT2D eigenvalue weighted by Crippen LogP contribution is -2.41. The van der Waals surface area contributed by atoms with Crippen LogP contribution in [-0.2, 0) is 4.79 Å². The molecule has 2 N–H and O–H groups in total. The number of fused-ring (bicyclic) bond motifs is 1. The summed E-state index contributed by atoms with van der Waals surface area (Å²) in [5.41, 5.74) is 0.864. The number of para-hydroxylation sites is 1. The van der Waals surface area contributed by atoms with E-state index in [1.165, 1.54) is 0 Å². The molecule has 21 heavy (non-hydrogen) atoms. The van der Waals surface area contributed by atoms with E-state index < -0.39 is 0 Å². The van der Waals surface area contributed by atoms with Gasteiger partial charge in [-0.3, -0.25) is 4.79 Å². The summed E-state index contributed by atoms with van der Waals surface area (Å²) in [6.07, 6.45) is 2.03. The van der Waals surface area contributed by atoms with Crippen LogP contribution in [0.2, 0.25) is 0 Å². The van der Waals surface area contributed by atoms with E-state index in [9.17, 15) is 4.79 Å². The van der Waals surface area contributed by atoms with Crippen LogP contribution in [0.1, 0.15) is 31.6 Å². The summed E-state index contributed by atoms with van der Waals surface area (Å²) in [4.78, 5) is 12.2. The average Bonchev–Trinajstić information content (AvgIpc) is 2.92. The van der Waals surface area contributed by atoms with Crippen molar-refractivity contribution in [1.82, 2.24) is 10.6 Å². The van der Waals surface area contributed by atoms with Crippen molar-refractivity contribution in [3.63, 3.8) is 0 Å². The van der Waals surface area contributed by atoms with Crippen LogP contribution in [0.25, 0.3) is 11.0 Å². The number of amides is 1. The smallest absolute Gasteiger partial charge is 0.224 e. The molecule has 1 fully saturated rings. The Morgan fingerprint density at radius 2 is 2.24 bits per heavy atom. The number of hydrogen-bond acceptors (Lipinski definition) is 3. The molecule has 1 aliphatic rings. The highest BCUT2D eigenvalue weighted by Crippen LogP contribution is 2.24. The molecule has 4 nitrogen and oxygen atoms in total. The van der Waals surface area contributed by atoms with E-state index in [0.29, 0.717) is 0 Å². The molecule has 0 spiro atoms. The number of rotatable bonds is 3. The van der Waals surface area contributed by atoms with E-state index in [0.717, 1.165) is 42.7 Å². The first-order valence-electron chi connectivity index (χ1n) is 7.23.